The Morgan fingerprint density at radius 3 is 1.72 bits per heavy atom. The number of nitrogens with zero attached hydrogens (tertiary/aromatic N) is 2. The number of benzene rings is 1. The van der Waals surface area contributed by atoms with Gasteiger partial charge in [-0.1, -0.05) is 50.3 Å². The number of nitrogens with one attached hydrogen (secondary N) is 6. The van der Waals surface area contributed by atoms with E-state index in [0.717, 1.165) is 12.5 Å². The smallest absolute Gasteiger partial charge is 0.303 e. The summed E-state index contributed by atoms with van der Waals surface area (Å²) in [7, 11) is 0. The molecular formula is C44H64N8O13. The molecule has 9 N–H and O–H groups in total. The first-order valence-corrected chi connectivity index (χ1v) is 21.9. The largest absolute Gasteiger partial charge is 0.481 e. The van der Waals surface area contributed by atoms with Crippen molar-refractivity contribution in [3.63, 3.8) is 0 Å². The van der Waals surface area contributed by atoms with Gasteiger partial charge in [0, 0.05) is 39.3 Å². The summed E-state index contributed by atoms with van der Waals surface area (Å²) in [5.74, 6) is -8.64. The van der Waals surface area contributed by atoms with E-state index in [1.54, 1.807) is 43.3 Å². The number of allylic oxidation sites excluding steroid dienone is 1. The highest BCUT2D eigenvalue weighted by molar-refractivity contribution is 5.98. The molecule has 2 saturated heterocycles. The van der Waals surface area contributed by atoms with Gasteiger partial charge in [0.25, 0.3) is 0 Å². The summed E-state index contributed by atoms with van der Waals surface area (Å²) in [5, 5.41) is 44.8. The number of carboxylic acids is 2. The van der Waals surface area contributed by atoms with E-state index in [4.69, 9.17) is 0 Å². The van der Waals surface area contributed by atoms with Crippen LogP contribution in [0.25, 0.3) is 0 Å². The molecule has 0 aliphatic carbocycles. The summed E-state index contributed by atoms with van der Waals surface area (Å²) < 4.78 is 0. The van der Waals surface area contributed by atoms with Gasteiger partial charge in [0.15, 0.2) is 0 Å². The maximum atomic E-state index is 14.2. The molecule has 2 heterocycles. The molecule has 3 rings (SSSR count). The third kappa shape index (κ3) is 16.6. The van der Waals surface area contributed by atoms with Gasteiger partial charge in [0.05, 0.1) is 6.10 Å². The third-order valence-electron chi connectivity index (χ3n) is 11.0. The SMILES string of the molecule is C/C=C\NC(=O)C1CCCN1C(=O)C(CCC(=O)O)NC(=O)C(NC(=O)C(CCC(=O)O)NC(=O)C1CCCN1C(=O)C(CC(C)C)NC(=O)C(Cc1ccccc1)NC(C)=O)C(C)O. The topological polar surface area (TPSA) is 310 Å². The molecule has 0 spiro atoms. The van der Waals surface area contributed by atoms with Crippen molar-refractivity contribution in [1.82, 2.24) is 41.7 Å². The van der Waals surface area contributed by atoms with Crippen LogP contribution in [0, 0.1) is 5.92 Å². The van der Waals surface area contributed by atoms with Crippen molar-refractivity contribution < 1.29 is 63.3 Å². The predicted octanol–water partition coefficient (Wildman–Crippen LogP) is -0.539. The fraction of sp³-hybridized carbons (Fsp3) is 0.591. The highest BCUT2D eigenvalue weighted by Crippen LogP contribution is 2.22. The summed E-state index contributed by atoms with van der Waals surface area (Å²) in [5.41, 5.74) is 0.764. The third-order valence-corrected chi connectivity index (χ3v) is 11.0. The number of hydrogen-bond acceptors (Lipinski definition) is 11. The highest BCUT2D eigenvalue weighted by atomic mass is 16.4. The molecule has 2 aliphatic heterocycles. The normalized spacial score (nSPS) is 18.7. The van der Waals surface area contributed by atoms with Gasteiger partial charge >= 0.3 is 11.9 Å². The Morgan fingerprint density at radius 1 is 0.677 bits per heavy atom. The molecule has 0 saturated carbocycles. The van der Waals surface area contributed by atoms with E-state index in [1.807, 2.05) is 13.8 Å². The lowest BCUT2D eigenvalue weighted by atomic mass is 10.00. The lowest BCUT2D eigenvalue weighted by Gasteiger charge is -2.32. The molecule has 2 fully saturated rings. The molecular weight excluding hydrogens is 849 g/mol. The Labute approximate surface area is 377 Å². The van der Waals surface area contributed by atoms with Crippen LogP contribution in [0.2, 0.25) is 0 Å². The van der Waals surface area contributed by atoms with Crippen LogP contribution in [0.3, 0.4) is 0 Å². The zero-order valence-corrected chi connectivity index (χ0v) is 37.5. The molecule has 21 heteroatoms. The molecule has 2 aliphatic rings. The molecule has 8 amide bonds. The van der Waals surface area contributed by atoms with Crippen LogP contribution in [0.4, 0.5) is 0 Å². The van der Waals surface area contributed by atoms with E-state index >= 15 is 0 Å². The van der Waals surface area contributed by atoms with E-state index in [-0.39, 0.29) is 38.3 Å². The van der Waals surface area contributed by atoms with Crippen LogP contribution >= 0.6 is 0 Å². The van der Waals surface area contributed by atoms with Crippen molar-refractivity contribution >= 4 is 59.2 Å². The molecule has 8 atom stereocenters. The first-order valence-electron chi connectivity index (χ1n) is 21.9. The minimum atomic E-state index is -1.80. The van der Waals surface area contributed by atoms with E-state index in [9.17, 15) is 63.3 Å². The van der Waals surface area contributed by atoms with E-state index in [1.165, 1.54) is 22.9 Å². The fourth-order valence-corrected chi connectivity index (χ4v) is 7.79. The molecule has 21 nitrogen and oxygen atoms in total. The van der Waals surface area contributed by atoms with Crippen molar-refractivity contribution in [2.75, 3.05) is 13.1 Å². The number of amides is 8. The second-order valence-electron chi connectivity index (χ2n) is 16.7. The van der Waals surface area contributed by atoms with Crippen molar-refractivity contribution in [2.45, 2.75) is 147 Å². The molecule has 1 aromatic carbocycles. The molecule has 0 aromatic heterocycles. The zero-order valence-electron chi connectivity index (χ0n) is 37.5. The second-order valence-corrected chi connectivity index (χ2v) is 16.7. The molecule has 65 heavy (non-hydrogen) atoms. The number of carbonyl (C=O) groups is 10. The highest BCUT2D eigenvalue weighted by Gasteiger charge is 2.42. The first kappa shape index (κ1) is 53.0. The number of aliphatic carboxylic acids is 2. The van der Waals surface area contributed by atoms with Crippen molar-refractivity contribution in [2.24, 2.45) is 5.92 Å². The van der Waals surface area contributed by atoms with Crippen LogP contribution in [0.5, 0.6) is 0 Å². The number of carbonyl (C=O) groups excluding carboxylic acids is 8. The van der Waals surface area contributed by atoms with Gasteiger partial charge in [-0.05, 0) is 76.5 Å². The Bertz CT molecular complexity index is 1910. The standard InChI is InChI=1S/C44H64N8O13/c1-6-20-45-40(61)33-14-10-21-51(33)43(64)30(17-19-36(57)58)48-42(63)37(26(4)53)50-38(59)29(16-18-35(55)56)47-41(62)34-15-11-22-52(34)44(65)32(23-25(2)3)49-39(60)31(46-27(5)54)24-28-12-8-7-9-13-28/h6-9,12-13,20,25-26,29-34,37,53H,10-11,14-19,21-24H2,1-5H3,(H,45,61)(H,46,54)(H,47,62)(H,48,63)(H,49,60)(H,50,59)(H,55,56)(H,57,58)/b20-6-. The van der Waals surface area contributed by atoms with Crippen molar-refractivity contribution in [3.8, 4) is 0 Å². The van der Waals surface area contributed by atoms with Crippen molar-refractivity contribution in [1.29, 1.82) is 0 Å². The lowest BCUT2D eigenvalue weighted by molar-refractivity contribution is -0.144. The molecule has 1 aromatic rings. The summed E-state index contributed by atoms with van der Waals surface area (Å²) >= 11 is 0. The number of likely N-dealkylation sites (tertiary alicyclic amines) is 2. The first-order chi connectivity index (χ1) is 30.7. The van der Waals surface area contributed by atoms with Gasteiger partial charge in [-0.3, -0.25) is 47.9 Å². The van der Waals surface area contributed by atoms with E-state index in [0.29, 0.717) is 19.3 Å². The Balaban J connectivity index is 1.81. The molecule has 0 bridgehead atoms. The van der Waals surface area contributed by atoms with Crippen molar-refractivity contribution in [3.05, 3.63) is 48.2 Å². The Hall–Kier alpha value is -6.38. The molecule has 8 unspecified atom stereocenters. The van der Waals surface area contributed by atoms with Gasteiger partial charge in [-0.2, -0.15) is 0 Å². The summed E-state index contributed by atoms with van der Waals surface area (Å²) in [4.78, 5) is 134. The average molecular weight is 913 g/mol. The number of hydrogen-bond donors (Lipinski definition) is 9. The number of aliphatic hydroxyl groups excluding tert-OH is 1. The predicted molar refractivity (Wildman–Crippen MR) is 233 cm³/mol. The minimum Gasteiger partial charge on any atom is -0.481 e. The number of rotatable bonds is 24. The fourth-order valence-electron chi connectivity index (χ4n) is 7.79. The van der Waals surface area contributed by atoms with Gasteiger partial charge in [-0.25, -0.2) is 0 Å². The van der Waals surface area contributed by atoms with Gasteiger partial charge in [-0.15, -0.1) is 0 Å². The van der Waals surface area contributed by atoms with Crippen LogP contribution < -0.4 is 31.9 Å². The summed E-state index contributed by atoms with van der Waals surface area (Å²) in [6.07, 6.45) is 0.854. The Kier molecular flexibility index (Phi) is 21.0. The van der Waals surface area contributed by atoms with Gasteiger partial charge in [0.2, 0.25) is 47.3 Å². The average Bonchev–Trinajstić information content (AvgIpc) is 3.95. The van der Waals surface area contributed by atoms with Gasteiger partial charge < -0.3 is 57.0 Å². The molecule has 358 valence electrons. The lowest BCUT2D eigenvalue weighted by Crippen LogP contribution is -2.61. The Morgan fingerprint density at radius 2 is 1.20 bits per heavy atom. The van der Waals surface area contributed by atoms with E-state index in [2.05, 4.69) is 31.9 Å². The number of carboxylic acid groups (broad SMARTS) is 2. The second kappa shape index (κ2) is 25.8. The maximum Gasteiger partial charge on any atom is 0.303 e. The maximum absolute atomic E-state index is 14.2. The van der Waals surface area contributed by atoms with Gasteiger partial charge in [0.1, 0.15) is 42.3 Å². The summed E-state index contributed by atoms with van der Waals surface area (Å²) in [6, 6.07) is -0.150. The van der Waals surface area contributed by atoms with E-state index < -0.39 is 133 Å². The monoisotopic (exact) mass is 912 g/mol. The number of aliphatic hydroxyl groups is 1. The quantitative estimate of drug-likeness (QED) is 0.0631. The van der Waals surface area contributed by atoms with Crippen LogP contribution in [0.15, 0.2) is 42.6 Å². The van der Waals surface area contributed by atoms with Crippen LogP contribution in [-0.2, 0) is 54.4 Å². The summed E-state index contributed by atoms with van der Waals surface area (Å²) in [6.45, 7) is 8.02. The zero-order chi connectivity index (χ0) is 48.4. The van der Waals surface area contributed by atoms with Crippen LogP contribution in [0.1, 0.15) is 98.0 Å². The minimum absolute atomic E-state index is 0.104. The molecule has 0 radical (unpaired) electrons. The van der Waals surface area contributed by atoms with Crippen LogP contribution in [-0.4, -0.2) is 146 Å².